The van der Waals surface area contributed by atoms with Crippen LogP contribution in [0.2, 0.25) is 0 Å². The van der Waals surface area contributed by atoms with Crippen molar-refractivity contribution in [1.82, 2.24) is 4.98 Å². The molecule has 3 nitrogen and oxygen atoms in total. The number of aliphatic hydroxyl groups is 1. The summed E-state index contributed by atoms with van der Waals surface area (Å²) in [4.78, 5) is 15.0. The molecule has 0 atom stereocenters. The van der Waals surface area contributed by atoms with Crippen molar-refractivity contribution in [3.8, 4) is 33.5 Å². The van der Waals surface area contributed by atoms with E-state index in [-0.39, 0.29) is 39.1 Å². The van der Waals surface area contributed by atoms with E-state index >= 15 is 0 Å². The van der Waals surface area contributed by atoms with Crippen molar-refractivity contribution < 1.29 is 30.0 Å². The Morgan fingerprint density at radius 3 is 1.68 bits per heavy atom. The van der Waals surface area contributed by atoms with Gasteiger partial charge < -0.3 is 12.5 Å². The Bertz CT molecular complexity index is 1460. The maximum Gasteiger partial charge on any atom is 0.155 e. The monoisotopic (exact) mass is 665 g/mol. The number of nitrogens with zero attached hydrogens (tertiary/aromatic N) is 1. The number of hydrogen-bond donors (Lipinski definition) is 1. The molecule has 0 aliphatic carbocycles. The summed E-state index contributed by atoms with van der Waals surface area (Å²) in [5.74, 6) is -0.0625. The van der Waals surface area contributed by atoms with E-state index in [0.29, 0.717) is 0 Å². The standard InChI is InChI=1S/C27H19N.C5H8O2.CH3.Ir/c1-4-10-20(11-5-1)23-16-17-26-25(18-23)24(21-12-6-2-7-13-21)19-27(28-26)22-14-8-3-9-15-22;1-4(6)3-5(2)7;;/h1-19H;3,6H,1-2H3;1H3;/q;;-1;/b;4-3-;;. The van der Waals surface area contributed by atoms with E-state index in [4.69, 9.17) is 10.1 Å². The fourth-order valence-corrected chi connectivity index (χ4v) is 3.94. The predicted octanol–water partition coefficient (Wildman–Crippen LogP) is 8.72. The van der Waals surface area contributed by atoms with E-state index in [0.717, 1.165) is 16.8 Å². The molecule has 0 aliphatic rings. The first-order valence-corrected chi connectivity index (χ1v) is 11.5. The maximum atomic E-state index is 10.0. The summed E-state index contributed by atoms with van der Waals surface area (Å²) in [5.41, 5.74) is 7.99. The van der Waals surface area contributed by atoms with E-state index in [1.54, 1.807) is 0 Å². The minimum absolute atomic E-state index is 0. The molecule has 5 aromatic rings. The Hall–Kier alpha value is -3.85. The van der Waals surface area contributed by atoms with Gasteiger partial charge in [-0.15, -0.1) is 0 Å². The van der Waals surface area contributed by atoms with Gasteiger partial charge in [0.1, 0.15) is 0 Å². The van der Waals surface area contributed by atoms with Crippen molar-refractivity contribution in [2.75, 3.05) is 0 Å². The second kappa shape index (κ2) is 14.0. The summed E-state index contributed by atoms with van der Waals surface area (Å²) in [6.45, 7) is 2.85. The SMILES string of the molecule is CC(=O)/C=C(/C)O.[CH3-].[Ir].c1ccc(-c2ccc3nc(-c4ccccc4)cc(-c4ccccc4)c3c2)cc1. The molecule has 0 unspecified atom stereocenters. The third-order valence-corrected chi connectivity index (χ3v) is 5.48. The Morgan fingerprint density at radius 2 is 1.19 bits per heavy atom. The fraction of sp³-hybridized carbons (Fsp3) is 0.0606. The van der Waals surface area contributed by atoms with Gasteiger partial charge in [0, 0.05) is 37.1 Å². The molecule has 4 aromatic carbocycles. The molecule has 37 heavy (non-hydrogen) atoms. The van der Waals surface area contributed by atoms with E-state index < -0.39 is 0 Å². The average Bonchev–Trinajstić information content (AvgIpc) is 2.89. The van der Waals surface area contributed by atoms with E-state index in [1.807, 2.05) is 12.1 Å². The van der Waals surface area contributed by atoms with Gasteiger partial charge in [-0.3, -0.25) is 4.79 Å². The first-order chi connectivity index (χ1) is 17.0. The molecule has 0 bridgehead atoms. The van der Waals surface area contributed by atoms with Crippen LogP contribution < -0.4 is 0 Å². The van der Waals surface area contributed by atoms with E-state index in [1.165, 1.54) is 47.6 Å². The van der Waals surface area contributed by atoms with Gasteiger partial charge in [-0.1, -0.05) is 97.1 Å². The summed E-state index contributed by atoms with van der Waals surface area (Å²) in [6, 6.07) is 40.2. The van der Waals surface area contributed by atoms with Crippen LogP contribution in [-0.2, 0) is 24.9 Å². The zero-order valence-corrected chi connectivity index (χ0v) is 23.6. The van der Waals surface area contributed by atoms with E-state index in [2.05, 4.69) is 103 Å². The van der Waals surface area contributed by atoms with Gasteiger partial charge in [0.15, 0.2) is 5.78 Å². The molecule has 0 fully saturated rings. The van der Waals surface area contributed by atoms with Crippen LogP contribution in [0.3, 0.4) is 0 Å². The summed E-state index contributed by atoms with van der Waals surface area (Å²) >= 11 is 0. The molecule has 1 N–H and O–H groups in total. The first kappa shape index (κ1) is 29.4. The zero-order valence-electron chi connectivity index (χ0n) is 21.2. The Labute approximate surface area is 232 Å². The number of allylic oxidation sites excluding steroid dienone is 2. The van der Waals surface area contributed by atoms with E-state index in [9.17, 15) is 4.79 Å². The topological polar surface area (TPSA) is 50.2 Å². The number of ketones is 1. The van der Waals surface area contributed by atoms with Crippen LogP contribution >= 0.6 is 0 Å². The Morgan fingerprint density at radius 1 is 0.676 bits per heavy atom. The molecule has 189 valence electrons. The zero-order chi connectivity index (χ0) is 24.6. The molecule has 0 saturated carbocycles. The number of carbonyl (C=O) groups excluding carboxylic acids is 1. The summed E-state index contributed by atoms with van der Waals surface area (Å²) in [5, 5.41) is 9.54. The van der Waals surface area contributed by atoms with Crippen molar-refractivity contribution in [3.05, 3.63) is 135 Å². The summed E-state index contributed by atoms with van der Waals surface area (Å²) in [7, 11) is 0. The number of fused-ring (bicyclic) bond motifs is 1. The van der Waals surface area contributed by atoms with Gasteiger partial charge in [-0.05, 0) is 54.3 Å². The van der Waals surface area contributed by atoms with Crippen molar-refractivity contribution in [1.29, 1.82) is 0 Å². The number of aliphatic hydroxyl groups excluding tert-OH is 1. The van der Waals surface area contributed by atoms with Gasteiger partial charge in [0.05, 0.1) is 17.0 Å². The third kappa shape index (κ3) is 7.82. The van der Waals surface area contributed by atoms with Crippen LogP contribution in [0, 0.1) is 7.43 Å². The van der Waals surface area contributed by atoms with Crippen molar-refractivity contribution in [3.63, 3.8) is 0 Å². The van der Waals surface area contributed by atoms with Crippen molar-refractivity contribution >= 4 is 16.7 Å². The number of rotatable bonds is 4. The van der Waals surface area contributed by atoms with Crippen LogP contribution in [0.4, 0.5) is 0 Å². The molecule has 1 radical (unpaired) electrons. The van der Waals surface area contributed by atoms with Gasteiger partial charge in [-0.2, -0.15) is 0 Å². The second-order valence-corrected chi connectivity index (χ2v) is 8.28. The number of aromatic nitrogens is 1. The molecule has 5 rings (SSSR count). The Balaban J connectivity index is 0.000000476. The van der Waals surface area contributed by atoms with Crippen LogP contribution in [-0.4, -0.2) is 15.9 Å². The minimum Gasteiger partial charge on any atom is -0.512 e. The molecule has 1 heterocycles. The van der Waals surface area contributed by atoms with Crippen molar-refractivity contribution in [2.24, 2.45) is 0 Å². The minimum atomic E-state index is -0.125. The molecule has 0 saturated heterocycles. The number of carbonyl (C=O) groups is 1. The third-order valence-electron chi connectivity index (χ3n) is 5.48. The quantitative estimate of drug-likeness (QED) is 0.119. The molecule has 0 aliphatic heterocycles. The molecule has 0 spiro atoms. The number of pyridine rings is 1. The Kier molecular flexibility index (Phi) is 11.1. The average molecular weight is 665 g/mol. The van der Waals surface area contributed by atoms with Crippen molar-refractivity contribution in [2.45, 2.75) is 13.8 Å². The van der Waals surface area contributed by atoms with Gasteiger partial charge in [0.2, 0.25) is 0 Å². The smallest absolute Gasteiger partial charge is 0.155 e. The fourth-order valence-electron chi connectivity index (χ4n) is 3.94. The number of benzene rings is 4. The largest absolute Gasteiger partial charge is 0.512 e. The summed E-state index contributed by atoms with van der Waals surface area (Å²) in [6.07, 6.45) is 1.17. The molecule has 0 amide bonds. The molecular formula is C33H30IrNO2-. The van der Waals surface area contributed by atoms with Crippen LogP contribution in [0.5, 0.6) is 0 Å². The van der Waals surface area contributed by atoms with Crippen LogP contribution in [0.25, 0.3) is 44.4 Å². The second-order valence-electron chi connectivity index (χ2n) is 8.28. The molecule has 4 heteroatoms. The normalized spacial score (nSPS) is 10.4. The molecule has 1 aromatic heterocycles. The van der Waals surface area contributed by atoms with Gasteiger partial charge in [-0.25, -0.2) is 4.98 Å². The predicted molar refractivity (Wildman–Crippen MR) is 152 cm³/mol. The van der Waals surface area contributed by atoms with Crippen LogP contribution in [0.15, 0.2) is 127 Å². The van der Waals surface area contributed by atoms with Gasteiger partial charge in [0.25, 0.3) is 0 Å². The molecular weight excluding hydrogens is 635 g/mol. The van der Waals surface area contributed by atoms with Crippen LogP contribution in [0.1, 0.15) is 13.8 Å². The van der Waals surface area contributed by atoms with Gasteiger partial charge >= 0.3 is 0 Å². The maximum absolute atomic E-state index is 10.0. The number of hydrogen-bond acceptors (Lipinski definition) is 3. The first-order valence-electron chi connectivity index (χ1n) is 11.5. The summed E-state index contributed by atoms with van der Waals surface area (Å²) < 4.78 is 0.